The van der Waals surface area contributed by atoms with Crippen molar-refractivity contribution in [2.24, 2.45) is 7.05 Å². The molecule has 29 heavy (non-hydrogen) atoms. The monoisotopic (exact) mass is 412 g/mol. The Hall–Kier alpha value is -3.00. The van der Waals surface area contributed by atoms with Crippen molar-refractivity contribution < 1.29 is 14.3 Å². The van der Waals surface area contributed by atoms with E-state index in [-0.39, 0.29) is 11.7 Å². The Morgan fingerprint density at radius 2 is 1.62 bits per heavy atom. The zero-order chi connectivity index (χ0) is 20.6. The number of nitrogens with one attached hydrogen (secondary N) is 1. The fourth-order valence-corrected chi connectivity index (χ4v) is 3.49. The summed E-state index contributed by atoms with van der Waals surface area (Å²) in [6.45, 7) is 0.585. The minimum atomic E-state index is -0.0301. The Morgan fingerprint density at radius 3 is 2.24 bits per heavy atom. The standard InChI is InChI=1S/C21H24N4O3S/c1-25-20(16-6-10-18(28-3)11-7-16)23-24-21(25)29-14-19(26)22-13-12-15-4-8-17(27-2)9-5-15/h4-11H,12-14H2,1-3H3,(H,22,26). The molecule has 0 aliphatic heterocycles. The maximum absolute atomic E-state index is 12.1. The average molecular weight is 413 g/mol. The van der Waals surface area contributed by atoms with Gasteiger partial charge in [0.2, 0.25) is 5.91 Å². The van der Waals surface area contributed by atoms with E-state index >= 15 is 0 Å². The molecule has 0 atom stereocenters. The fourth-order valence-electron chi connectivity index (χ4n) is 2.75. The molecule has 3 aromatic rings. The summed E-state index contributed by atoms with van der Waals surface area (Å²) in [5.74, 6) is 2.62. The number of carbonyl (C=O) groups is 1. The van der Waals surface area contributed by atoms with Crippen LogP contribution in [0.2, 0.25) is 0 Å². The van der Waals surface area contributed by atoms with Crippen LogP contribution in [-0.4, -0.2) is 47.2 Å². The Balaban J connectivity index is 1.47. The highest BCUT2D eigenvalue weighted by atomic mass is 32.2. The molecule has 0 aliphatic rings. The molecule has 0 saturated carbocycles. The number of benzene rings is 2. The van der Waals surface area contributed by atoms with E-state index in [2.05, 4.69) is 15.5 Å². The normalized spacial score (nSPS) is 10.6. The SMILES string of the molecule is COc1ccc(CCNC(=O)CSc2nnc(-c3ccc(OC)cc3)n2C)cc1. The zero-order valence-electron chi connectivity index (χ0n) is 16.7. The smallest absolute Gasteiger partial charge is 0.230 e. The Kier molecular flexibility index (Phi) is 7.13. The maximum atomic E-state index is 12.1. The number of amides is 1. The summed E-state index contributed by atoms with van der Waals surface area (Å²) >= 11 is 1.37. The van der Waals surface area contributed by atoms with Crippen molar-refractivity contribution in [2.75, 3.05) is 26.5 Å². The molecule has 0 fully saturated rings. The van der Waals surface area contributed by atoms with E-state index in [1.165, 1.54) is 11.8 Å². The number of aromatic nitrogens is 3. The molecule has 1 N–H and O–H groups in total. The van der Waals surface area contributed by atoms with Crippen molar-refractivity contribution in [3.8, 4) is 22.9 Å². The molecule has 0 bridgehead atoms. The Labute approximate surface area is 174 Å². The zero-order valence-corrected chi connectivity index (χ0v) is 17.5. The summed E-state index contributed by atoms with van der Waals surface area (Å²) in [7, 11) is 5.17. The molecule has 3 rings (SSSR count). The van der Waals surface area contributed by atoms with Crippen molar-refractivity contribution in [1.29, 1.82) is 0 Å². The van der Waals surface area contributed by atoms with Crippen LogP contribution in [0.1, 0.15) is 5.56 Å². The molecule has 8 heteroatoms. The van der Waals surface area contributed by atoms with Crippen molar-refractivity contribution >= 4 is 17.7 Å². The fraction of sp³-hybridized carbons (Fsp3) is 0.286. The number of thioether (sulfide) groups is 1. The number of ether oxygens (including phenoxy) is 2. The van der Waals surface area contributed by atoms with Crippen LogP contribution >= 0.6 is 11.8 Å². The molecule has 0 unspecified atom stereocenters. The van der Waals surface area contributed by atoms with E-state index in [0.717, 1.165) is 34.9 Å². The first kappa shape index (κ1) is 20.7. The second-order valence-corrected chi connectivity index (χ2v) is 7.27. The predicted octanol–water partition coefficient (Wildman–Crippen LogP) is 2.95. The van der Waals surface area contributed by atoms with Gasteiger partial charge in [0, 0.05) is 19.2 Å². The highest BCUT2D eigenvalue weighted by Crippen LogP contribution is 2.24. The number of methoxy groups -OCH3 is 2. The van der Waals surface area contributed by atoms with Gasteiger partial charge in [-0.1, -0.05) is 23.9 Å². The van der Waals surface area contributed by atoms with Crippen LogP contribution in [0.25, 0.3) is 11.4 Å². The van der Waals surface area contributed by atoms with Gasteiger partial charge < -0.3 is 19.4 Å². The molecule has 1 heterocycles. The highest BCUT2D eigenvalue weighted by molar-refractivity contribution is 7.99. The Morgan fingerprint density at radius 1 is 1.00 bits per heavy atom. The number of hydrogen-bond acceptors (Lipinski definition) is 6. The topological polar surface area (TPSA) is 78.3 Å². The van der Waals surface area contributed by atoms with Crippen molar-refractivity contribution in [3.05, 3.63) is 54.1 Å². The van der Waals surface area contributed by atoms with Gasteiger partial charge in [0.1, 0.15) is 11.5 Å². The lowest BCUT2D eigenvalue weighted by molar-refractivity contribution is -0.118. The summed E-state index contributed by atoms with van der Waals surface area (Å²) < 4.78 is 12.2. The number of hydrogen-bond donors (Lipinski definition) is 1. The molecular weight excluding hydrogens is 388 g/mol. The lowest BCUT2D eigenvalue weighted by Gasteiger charge is -2.07. The van der Waals surface area contributed by atoms with Crippen molar-refractivity contribution in [3.63, 3.8) is 0 Å². The van der Waals surface area contributed by atoms with Crippen LogP contribution in [0, 0.1) is 0 Å². The predicted molar refractivity (Wildman–Crippen MR) is 113 cm³/mol. The maximum Gasteiger partial charge on any atom is 0.230 e. The minimum absolute atomic E-state index is 0.0301. The van der Waals surface area contributed by atoms with Crippen LogP contribution in [-0.2, 0) is 18.3 Å². The van der Waals surface area contributed by atoms with Gasteiger partial charge in [0.15, 0.2) is 11.0 Å². The van der Waals surface area contributed by atoms with Crippen LogP contribution < -0.4 is 14.8 Å². The van der Waals surface area contributed by atoms with Crippen molar-refractivity contribution in [2.45, 2.75) is 11.6 Å². The largest absolute Gasteiger partial charge is 0.497 e. The first-order valence-corrected chi connectivity index (χ1v) is 10.2. The van der Waals surface area contributed by atoms with Crippen molar-refractivity contribution in [1.82, 2.24) is 20.1 Å². The average Bonchev–Trinajstić information content (AvgIpc) is 3.13. The minimum Gasteiger partial charge on any atom is -0.497 e. The highest BCUT2D eigenvalue weighted by Gasteiger charge is 2.13. The molecule has 0 aliphatic carbocycles. The summed E-state index contributed by atoms with van der Waals surface area (Å²) in [5, 5.41) is 12.1. The van der Waals surface area contributed by atoms with Gasteiger partial charge in [0.05, 0.1) is 20.0 Å². The third kappa shape index (κ3) is 5.51. The van der Waals surface area contributed by atoms with E-state index in [1.54, 1.807) is 14.2 Å². The first-order valence-electron chi connectivity index (χ1n) is 9.17. The third-order valence-corrected chi connectivity index (χ3v) is 5.43. The number of carbonyl (C=O) groups excluding carboxylic acids is 1. The van der Waals surface area contributed by atoms with Gasteiger partial charge in [-0.2, -0.15) is 0 Å². The molecular formula is C21H24N4O3S. The quantitative estimate of drug-likeness (QED) is 0.545. The summed E-state index contributed by atoms with van der Waals surface area (Å²) in [4.78, 5) is 12.1. The molecule has 152 valence electrons. The molecule has 0 radical (unpaired) electrons. The molecule has 1 aromatic heterocycles. The van der Waals surface area contributed by atoms with Gasteiger partial charge in [-0.15, -0.1) is 10.2 Å². The Bertz CT molecular complexity index is 940. The molecule has 0 spiro atoms. The molecule has 2 aromatic carbocycles. The second kappa shape index (κ2) is 9.97. The second-order valence-electron chi connectivity index (χ2n) is 6.33. The van der Waals surface area contributed by atoms with Gasteiger partial charge in [-0.05, 0) is 48.4 Å². The summed E-state index contributed by atoms with van der Waals surface area (Å²) in [6.07, 6.45) is 0.770. The van der Waals surface area contributed by atoms with Crippen LogP contribution in [0.3, 0.4) is 0 Å². The number of nitrogens with zero attached hydrogens (tertiary/aromatic N) is 3. The molecule has 1 amide bonds. The summed E-state index contributed by atoms with van der Waals surface area (Å²) in [6, 6.07) is 15.5. The lowest BCUT2D eigenvalue weighted by Crippen LogP contribution is -2.27. The van der Waals surface area contributed by atoms with Gasteiger partial charge in [0.25, 0.3) is 0 Å². The van der Waals surface area contributed by atoms with Crippen LogP contribution in [0.15, 0.2) is 53.7 Å². The third-order valence-electron chi connectivity index (χ3n) is 4.41. The first-order chi connectivity index (χ1) is 14.1. The summed E-state index contributed by atoms with van der Waals surface area (Å²) in [5.41, 5.74) is 2.09. The van der Waals surface area contributed by atoms with Gasteiger partial charge in [-0.3, -0.25) is 4.79 Å². The van der Waals surface area contributed by atoms with Crippen LogP contribution in [0.5, 0.6) is 11.5 Å². The van der Waals surface area contributed by atoms with E-state index < -0.39 is 0 Å². The van der Waals surface area contributed by atoms with E-state index in [4.69, 9.17) is 9.47 Å². The van der Waals surface area contributed by atoms with E-state index in [1.807, 2.05) is 60.1 Å². The molecule has 0 saturated heterocycles. The van der Waals surface area contributed by atoms with Gasteiger partial charge in [-0.25, -0.2) is 0 Å². The lowest BCUT2D eigenvalue weighted by atomic mass is 10.1. The molecule has 7 nitrogen and oxygen atoms in total. The van der Waals surface area contributed by atoms with E-state index in [0.29, 0.717) is 11.7 Å². The van der Waals surface area contributed by atoms with Crippen LogP contribution in [0.4, 0.5) is 0 Å². The number of rotatable bonds is 9. The van der Waals surface area contributed by atoms with Gasteiger partial charge >= 0.3 is 0 Å². The van der Waals surface area contributed by atoms with E-state index in [9.17, 15) is 4.79 Å².